The fourth-order valence-electron chi connectivity index (χ4n) is 1.60. The number of carbonyl (C=O) groups excluding carboxylic acids is 1. The molecule has 0 saturated heterocycles. The number of rotatable bonds is 5. The van der Waals surface area contributed by atoms with Gasteiger partial charge in [-0.25, -0.2) is 9.59 Å². The van der Waals surface area contributed by atoms with Crippen LogP contribution < -0.4 is 10.6 Å². The SMILES string of the molecule is CC(C)C[C@H](NC(=O)Nc1ccc(Br)cc1Cl)C(=O)O. The van der Waals surface area contributed by atoms with Crippen LogP contribution in [0.1, 0.15) is 20.3 Å². The van der Waals surface area contributed by atoms with E-state index in [-0.39, 0.29) is 5.92 Å². The monoisotopic (exact) mass is 362 g/mol. The van der Waals surface area contributed by atoms with Crippen molar-refractivity contribution in [2.45, 2.75) is 26.3 Å². The number of carboxylic acid groups (broad SMARTS) is 1. The van der Waals surface area contributed by atoms with Crippen molar-refractivity contribution in [1.82, 2.24) is 5.32 Å². The van der Waals surface area contributed by atoms with E-state index in [9.17, 15) is 9.59 Å². The van der Waals surface area contributed by atoms with Gasteiger partial charge in [-0.15, -0.1) is 0 Å². The molecule has 0 aliphatic rings. The number of anilines is 1. The lowest BCUT2D eigenvalue weighted by Crippen LogP contribution is -2.43. The van der Waals surface area contributed by atoms with Gasteiger partial charge in [0.15, 0.2) is 0 Å². The van der Waals surface area contributed by atoms with Crippen molar-refractivity contribution in [3.05, 3.63) is 27.7 Å². The third-order valence-electron chi connectivity index (χ3n) is 2.49. The van der Waals surface area contributed by atoms with E-state index in [2.05, 4.69) is 26.6 Å². The average Bonchev–Trinajstić information content (AvgIpc) is 2.31. The number of carboxylic acids is 1. The highest BCUT2D eigenvalue weighted by molar-refractivity contribution is 9.10. The highest BCUT2D eigenvalue weighted by Crippen LogP contribution is 2.25. The molecule has 0 heterocycles. The van der Waals surface area contributed by atoms with E-state index in [0.717, 1.165) is 4.47 Å². The van der Waals surface area contributed by atoms with Crippen LogP contribution in [0.4, 0.5) is 10.5 Å². The highest BCUT2D eigenvalue weighted by atomic mass is 79.9. The van der Waals surface area contributed by atoms with Gasteiger partial charge in [0, 0.05) is 4.47 Å². The molecule has 1 rings (SSSR count). The van der Waals surface area contributed by atoms with Crippen molar-refractivity contribution >= 4 is 45.2 Å². The third kappa shape index (κ3) is 5.38. The van der Waals surface area contributed by atoms with Crippen LogP contribution in [-0.2, 0) is 4.79 Å². The van der Waals surface area contributed by atoms with Gasteiger partial charge >= 0.3 is 12.0 Å². The Morgan fingerprint density at radius 1 is 1.40 bits per heavy atom. The summed E-state index contributed by atoms with van der Waals surface area (Å²) >= 11 is 9.23. The molecule has 1 atom stereocenters. The van der Waals surface area contributed by atoms with Gasteiger partial charge in [-0.3, -0.25) is 0 Å². The van der Waals surface area contributed by atoms with Gasteiger partial charge in [-0.2, -0.15) is 0 Å². The van der Waals surface area contributed by atoms with Crippen LogP contribution in [0, 0.1) is 5.92 Å². The molecule has 20 heavy (non-hydrogen) atoms. The molecule has 0 aliphatic heterocycles. The molecule has 5 nitrogen and oxygen atoms in total. The van der Waals surface area contributed by atoms with Crippen LogP contribution in [0.25, 0.3) is 0 Å². The molecule has 0 unspecified atom stereocenters. The first-order chi connectivity index (χ1) is 9.29. The van der Waals surface area contributed by atoms with Crippen LogP contribution in [0.3, 0.4) is 0 Å². The number of hydrogen-bond donors (Lipinski definition) is 3. The lowest BCUT2D eigenvalue weighted by atomic mass is 10.0. The predicted octanol–water partition coefficient (Wildman–Crippen LogP) is 3.72. The Labute approximate surface area is 130 Å². The van der Waals surface area contributed by atoms with Gasteiger partial charge in [-0.05, 0) is 30.5 Å². The summed E-state index contributed by atoms with van der Waals surface area (Å²) in [4.78, 5) is 22.8. The van der Waals surface area contributed by atoms with Gasteiger partial charge in [-0.1, -0.05) is 41.4 Å². The second-order valence-electron chi connectivity index (χ2n) is 4.74. The first-order valence-corrected chi connectivity index (χ1v) is 7.22. The number of benzene rings is 1. The van der Waals surface area contributed by atoms with E-state index in [1.54, 1.807) is 18.2 Å². The Hall–Kier alpha value is -1.27. The Bertz CT molecular complexity index is 508. The summed E-state index contributed by atoms with van der Waals surface area (Å²) in [6.45, 7) is 3.78. The molecule has 7 heteroatoms. The van der Waals surface area contributed by atoms with Crippen LogP contribution in [0.15, 0.2) is 22.7 Å². The first kappa shape index (κ1) is 16.8. The molecule has 0 aromatic heterocycles. The van der Waals surface area contributed by atoms with E-state index in [4.69, 9.17) is 16.7 Å². The molecule has 0 bridgehead atoms. The Balaban J connectivity index is 2.68. The molecule has 0 saturated carbocycles. The summed E-state index contributed by atoms with van der Waals surface area (Å²) in [5, 5.41) is 14.4. The van der Waals surface area contributed by atoms with Crippen molar-refractivity contribution in [3.8, 4) is 0 Å². The molecule has 0 aliphatic carbocycles. The molecule has 0 spiro atoms. The van der Waals surface area contributed by atoms with Gasteiger partial charge in [0.05, 0.1) is 10.7 Å². The summed E-state index contributed by atoms with van der Waals surface area (Å²) in [5.74, 6) is -0.900. The van der Waals surface area contributed by atoms with E-state index >= 15 is 0 Å². The third-order valence-corrected chi connectivity index (χ3v) is 3.30. The van der Waals surface area contributed by atoms with E-state index < -0.39 is 18.0 Å². The number of hydrogen-bond acceptors (Lipinski definition) is 2. The number of halogens is 2. The Kier molecular flexibility index (Phi) is 6.29. The fraction of sp³-hybridized carbons (Fsp3) is 0.385. The molecule has 0 fully saturated rings. The van der Waals surface area contributed by atoms with E-state index in [1.807, 2.05) is 13.8 Å². The van der Waals surface area contributed by atoms with Gasteiger partial charge in [0.1, 0.15) is 6.04 Å². The molecule has 1 aromatic rings. The average molecular weight is 364 g/mol. The van der Waals surface area contributed by atoms with Crippen molar-refractivity contribution < 1.29 is 14.7 Å². The maximum absolute atomic E-state index is 11.8. The number of amides is 2. The number of urea groups is 1. The smallest absolute Gasteiger partial charge is 0.326 e. The highest BCUT2D eigenvalue weighted by Gasteiger charge is 2.21. The fourth-order valence-corrected chi connectivity index (χ4v) is 2.32. The maximum atomic E-state index is 11.8. The van der Waals surface area contributed by atoms with Crippen LogP contribution in [-0.4, -0.2) is 23.1 Å². The van der Waals surface area contributed by atoms with Gasteiger partial charge in [0.2, 0.25) is 0 Å². The van der Waals surface area contributed by atoms with Crippen LogP contribution in [0.2, 0.25) is 5.02 Å². The van der Waals surface area contributed by atoms with Gasteiger partial charge < -0.3 is 15.7 Å². The maximum Gasteiger partial charge on any atom is 0.326 e. The zero-order chi connectivity index (χ0) is 15.3. The molecule has 1 aromatic carbocycles. The number of carbonyl (C=O) groups is 2. The second-order valence-corrected chi connectivity index (χ2v) is 6.07. The van der Waals surface area contributed by atoms with Crippen molar-refractivity contribution in [3.63, 3.8) is 0 Å². The Morgan fingerprint density at radius 3 is 2.55 bits per heavy atom. The standard InChI is InChI=1S/C13H16BrClN2O3/c1-7(2)5-11(12(18)19)17-13(20)16-10-4-3-8(14)6-9(10)15/h3-4,6-7,11H,5H2,1-2H3,(H,18,19)(H2,16,17,20)/t11-/m0/s1. The zero-order valence-electron chi connectivity index (χ0n) is 11.1. The molecular formula is C13H16BrClN2O3. The topological polar surface area (TPSA) is 78.4 Å². The van der Waals surface area contributed by atoms with E-state index in [0.29, 0.717) is 17.1 Å². The quantitative estimate of drug-likeness (QED) is 0.746. The molecule has 3 N–H and O–H groups in total. The largest absolute Gasteiger partial charge is 0.480 e. The van der Waals surface area contributed by atoms with Crippen LogP contribution >= 0.6 is 27.5 Å². The summed E-state index contributed by atoms with van der Waals surface area (Å²) in [5.41, 5.74) is 0.418. The van der Waals surface area contributed by atoms with E-state index in [1.165, 1.54) is 0 Å². The summed E-state index contributed by atoms with van der Waals surface area (Å²) < 4.78 is 0.789. The number of aliphatic carboxylic acids is 1. The Morgan fingerprint density at radius 2 is 2.05 bits per heavy atom. The minimum Gasteiger partial charge on any atom is -0.480 e. The zero-order valence-corrected chi connectivity index (χ0v) is 13.5. The lowest BCUT2D eigenvalue weighted by Gasteiger charge is -2.17. The molecular weight excluding hydrogens is 348 g/mol. The normalized spacial score (nSPS) is 12.1. The predicted molar refractivity (Wildman–Crippen MR) is 82.2 cm³/mol. The summed E-state index contributed by atoms with van der Waals surface area (Å²) in [6.07, 6.45) is 0.358. The minimum atomic E-state index is -1.06. The van der Waals surface area contributed by atoms with Crippen LogP contribution in [0.5, 0.6) is 0 Å². The summed E-state index contributed by atoms with van der Waals surface area (Å²) in [7, 11) is 0. The van der Waals surface area contributed by atoms with Gasteiger partial charge in [0.25, 0.3) is 0 Å². The van der Waals surface area contributed by atoms with Crippen molar-refractivity contribution in [2.24, 2.45) is 5.92 Å². The molecule has 110 valence electrons. The summed E-state index contributed by atoms with van der Waals surface area (Å²) in [6, 6.07) is 3.47. The lowest BCUT2D eigenvalue weighted by molar-refractivity contribution is -0.139. The van der Waals surface area contributed by atoms with Crippen molar-refractivity contribution in [2.75, 3.05) is 5.32 Å². The number of nitrogens with one attached hydrogen (secondary N) is 2. The second kappa shape index (κ2) is 7.50. The molecule has 2 amide bonds. The first-order valence-electron chi connectivity index (χ1n) is 6.05. The molecule has 0 radical (unpaired) electrons. The minimum absolute atomic E-state index is 0.160. The van der Waals surface area contributed by atoms with Crippen molar-refractivity contribution in [1.29, 1.82) is 0 Å².